The summed E-state index contributed by atoms with van der Waals surface area (Å²) in [6.07, 6.45) is 0.0635. The highest BCUT2D eigenvalue weighted by molar-refractivity contribution is 5.33. The van der Waals surface area contributed by atoms with E-state index in [1.807, 2.05) is 6.07 Å². The molecule has 2 aromatic rings. The van der Waals surface area contributed by atoms with Gasteiger partial charge < -0.3 is 10.1 Å². The zero-order valence-corrected chi connectivity index (χ0v) is 13.4. The third-order valence-corrected chi connectivity index (χ3v) is 3.57. The quantitative estimate of drug-likeness (QED) is 0.847. The normalized spacial score (nSPS) is 13.7. The maximum absolute atomic E-state index is 6.18. The van der Waals surface area contributed by atoms with Crippen LogP contribution in [-0.2, 0) is 0 Å². The molecule has 2 unspecified atom stereocenters. The number of hydrogen-bond acceptors (Lipinski definition) is 2. The minimum absolute atomic E-state index is 0.0635. The molecule has 0 saturated carbocycles. The van der Waals surface area contributed by atoms with Gasteiger partial charge in [-0.25, -0.2) is 0 Å². The van der Waals surface area contributed by atoms with Gasteiger partial charge in [0.2, 0.25) is 0 Å². The third-order valence-electron chi connectivity index (χ3n) is 3.57. The molecule has 0 aromatic heterocycles. The van der Waals surface area contributed by atoms with Gasteiger partial charge in [0, 0.05) is 0 Å². The number of likely N-dealkylation sites (N-methyl/N-ethyl adjacent to an activating group) is 1. The summed E-state index contributed by atoms with van der Waals surface area (Å²) in [5.41, 5.74) is 3.73. The van der Waals surface area contributed by atoms with Crippen LogP contribution in [0.5, 0.6) is 5.75 Å². The molecule has 0 saturated heterocycles. The van der Waals surface area contributed by atoms with Crippen LogP contribution in [-0.4, -0.2) is 12.6 Å². The van der Waals surface area contributed by atoms with E-state index >= 15 is 0 Å². The molecule has 0 spiro atoms. The van der Waals surface area contributed by atoms with Gasteiger partial charge in [-0.15, -0.1) is 0 Å². The molecule has 0 aliphatic heterocycles. The number of rotatable bonds is 6. The fourth-order valence-corrected chi connectivity index (χ4v) is 2.72. The van der Waals surface area contributed by atoms with Gasteiger partial charge in [-0.1, -0.05) is 43.3 Å². The lowest BCUT2D eigenvalue weighted by Gasteiger charge is -2.26. The van der Waals surface area contributed by atoms with Crippen LogP contribution >= 0.6 is 0 Å². The Morgan fingerprint density at radius 2 is 1.62 bits per heavy atom. The number of aryl methyl sites for hydroxylation is 2. The summed E-state index contributed by atoms with van der Waals surface area (Å²) in [6, 6.07) is 17.0. The van der Waals surface area contributed by atoms with Gasteiger partial charge in [0.25, 0.3) is 0 Å². The van der Waals surface area contributed by atoms with Crippen LogP contribution in [0.25, 0.3) is 0 Å². The lowest BCUT2D eigenvalue weighted by molar-refractivity contribution is 0.171. The molecule has 0 aliphatic carbocycles. The molecule has 2 aromatic carbocycles. The lowest BCUT2D eigenvalue weighted by atomic mass is 10.0. The number of ether oxygens (including phenoxy) is 1. The van der Waals surface area contributed by atoms with Crippen molar-refractivity contribution < 1.29 is 4.74 Å². The van der Waals surface area contributed by atoms with Gasteiger partial charge in [0.05, 0.1) is 6.04 Å². The summed E-state index contributed by atoms with van der Waals surface area (Å²) in [6.45, 7) is 9.37. The van der Waals surface area contributed by atoms with Crippen LogP contribution in [0.1, 0.15) is 36.6 Å². The highest BCUT2D eigenvalue weighted by Crippen LogP contribution is 2.23. The molecule has 1 N–H and O–H groups in total. The molecule has 0 heterocycles. The van der Waals surface area contributed by atoms with E-state index in [0.717, 1.165) is 12.3 Å². The van der Waals surface area contributed by atoms with Crippen molar-refractivity contribution in [1.82, 2.24) is 5.32 Å². The second kappa shape index (κ2) is 7.28. The van der Waals surface area contributed by atoms with Gasteiger partial charge >= 0.3 is 0 Å². The molecular weight excluding hydrogens is 258 g/mol. The van der Waals surface area contributed by atoms with Crippen LogP contribution in [0, 0.1) is 13.8 Å². The maximum atomic E-state index is 6.18. The molecule has 0 aliphatic rings. The molecule has 112 valence electrons. The van der Waals surface area contributed by atoms with Crippen LogP contribution in [0.2, 0.25) is 0 Å². The minimum Gasteiger partial charge on any atom is -0.489 e. The summed E-state index contributed by atoms with van der Waals surface area (Å²) in [4.78, 5) is 0. The molecule has 2 rings (SSSR count). The molecule has 0 fully saturated rings. The fraction of sp³-hybridized carbons (Fsp3) is 0.368. The molecule has 21 heavy (non-hydrogen) atoms. The Kier molecular flexibility index (Phi) is 5.40. The van der Waals surface area contributed by atoms with E-state index in [1.54, 1.807) is 0 Å². The van der Waals surface area contributed by atoms with Crippen LogP contribution < -0.4 is 10.1 Å². The third kappa shape index (κ3) is 4.33. The monoisotopic (exact) mass is 283 g/mol. The topological polar surface area (TPSA) is 21.3 Å². The number of benzene rings is 2. The summed E-state index contributed by atoms with van der Waals surface area (Å²) >= 11 is 0. The van der Waals surface area contributed by atoms with Crippen molar-refractivity contribution in [3.05, 3.63) is 65.2 Å². The molecule has 0 bridgehead atoms. The molecule has 0 amide bonds. The van der Waals surface area contributed by atoms with Crippen molar-refractivity contribution in [2.24, 2.45) is 0 Å². The van der Waals surface area contributed by atoms with E-state index in [-0.39, 0.29) is 12.1 Å². The first-order valence-corrected chi connectivity index (χ1v) is 7.63. The second-order valence-corrected chi connectivity index (χ2v) is 5.59. The first-order chi connectivity index (χ1) is 10.1. The average Bonchev–Trinajstić information content (AvgIpc) is 2.44. The van der Waals surface area contributed by atoms with Crippen molar-refractivity contribution in [3.63, 3.8) is 0 Å². The number of nitrogens with one attached hydrogen (secondary N) is 1. The van der Waals surface area contributed by atoms with Gasteiger partial charge in [0.15, 0.2) is 0 Å². The van der Waals surface area contributed by atoms with Gasteiger partial charge in [-0.2, -0.15) is 0 Å². The van der Waals surface area contributed by atoms with Crippen LogP contribution in [0.15, 0.2) is 48.5 Å². The minimum atomic E-state index is 0.0635. The molecular formula is C19H25NO. The van der Waals surface area contributed by atoms with Crippen molar-refractivity contribution in [2.45, 2.75) is 39.8 Å². The van der Waals surface area contributed by atoms with Gasteiger partial charge in [-0.05, 0) is 56.1 Å². The van der Waals surface area contributed by atoms with Crippen molar-refractivity contribution >= 4 is 0 Å². The Morgan fingerprint density at radius 1 is 1.00 bits per heavy atom. The molecule has 2 heteroatoms. The zero-order valence-electron chi connectivity index (χ0n) is 13.4. The van der Waals surface area contributed by atoms with E-state index < -0.39 is 0 Å². The summed E-state index contributed by atoms with van der Waals surface area (Å²) in [7, 11) is 0. The molecule has 0 radical (unpaired) electrons. The molecule has 2 atom stereocenters. The Morgan fingerprint density at radius 3 is 2.19 bits per heavy atom. The summed E-state index contributed by atoms with van der Waals surface area (Å²) < 4.78 is 6.18. The van der Waals surface area contributed by atoms with Crippen molar-refractivity contribution in [2.75, 3.05) is 6.54 Å². The Hall–Kier alpha value is -1.80. The van der Waals surface area contributed by atoms with E-state index in [9.17, 15) is 0 Å². The standard InChI is InChI=1S/C19H25NO/c1-5-20-19(17-9-7-6-8-10-17)16(4)21-18-12-14(2)11-15(3)13-18/h6-13,16,19-20H,5H2,1-4H3. The first kappa shape index (κ1) is 15.6. The SMILES string of the molecule is CCNC(c1ccccc1)C(C)Oc1cc(C)cc(C)c1. The van der Waals surface area contributed by atoms with E-state index in [0.29, 0.717) is 0 Å². The second-order valence-electron chi connectivity index (χ2n) is 5.59. The predicted octanol–water partition coefficient (Wildman–Crippen LogP) is 4.42. The van der Waals surface area contributed by atoms with Crippen molar-refractivity contribution in [1.29, 1.82) is 0 Å². The van der Waals surface area contributed by atoms with E-state index in [1.165, 1.54) is 16.7 Å². The highest BCUT2D eigenvalue weighted by Gasteiger charge is 2.19. The number of hydrogen-bond donors (Lipinski definition) is 1. The summed E-state index contributed by atoms with van der Waals surface area (Å²) in [5, 5.41) is 3.52. The van der Waals surface area contributed by atoms with Crippen molar-refractivity contribution in [3.8, 4) is 5.75 Å². The highest BCUT2D eigenvalue weighted by atomic mass is 16.5. The van der Waals surface area contributed by atoms with Crippen LogP contribution in [0.3, 0.4) is 0 Å². The molecule has 2 nitrogen and oxygen atoms in total. The Bertz CT molecular complexity index is 545. The Labute approximate surface area is 128 Å². The largest absolute Gasteiger partial charge is 0.489 e. The zero-order chi connectivity index (χ0) is 15.2. The average molecular weight is 283 g/mol. The summed E-state index contributed by atoms with van der Waals surface area (Å²) in [5.74, 6) is 0.943. The van der Waals surface area contributed by atoms with Gasteiger partial charge in [-0.3, -0.25) is 0 Å². The fourth-order valence-electron chi connectivity index (χ4n) is 2.72. The van der Waals surface area contributed by atoms with Gasteiger partial charge in [0.1, 0.15) is 11.9 Å². The maximum Gasteiger partial charge on any atom is 0.120 e. The van der Waals surface area contributed by atoms with E-state index in [2.05, 4.69) is 75.5 Å². The smallest absolute Gasteiger partial charge is 0.120 e. The predicted molar refractivity (Wildman–Crippen MR) is 88.9 cm³/mol. The Balaban J connectivity index is 2.17. The first-order valence-electron chi connectivity index (χ1n) is 7.63. The van der Waals surface area contributed by atoms with E-state index in [4.69, 9.17) is 4.74 Å². The van der Waals surface area contributed by atoms with Crippen LogP contribution in [0.4, 0.5) is 0 Å². The lowest BCUT2D eigenvalue weighted by Crippen LogP contribution is -2.33.